The number of benzene rings is 1. The Bertz CT molecular complexity index is 935. The number of hydrogen-bond donors (Lipinski definition) is 0. The van der Waals surface area contributed by atoms with E-state index < -0.39 is 0 Å². The summed E-state index contributed by atoms with van der Waals surface area (Å²) in [6, 6.07) is 12.4. The topological polar surface area (TPSA) is 38.1 Å². The second-order valence-electron chi connectivity index (χ2n) is 5.55. The molecule has 3 aromatic rings. The summed E-state index contributed by atoms with van der Waals surface area (Å²) in [5.74, 6) is 0. The summed E-state index contributed by atoms with van der Waals surface area (Å²) >= 11 is 0. The minimum atomic E-state index is 0.961. The van der Waals surface area contributed by atoms with Crippen molar-refractivity contribution in [3.8, 4) is 11.1 Å². The number of allylic oxidation sites excluding steroid dienone is 3. The van der Waals surface area contributed by atoms with Gasteiger partial charge >= 0.3 is 0 Å². The summed E-state index contributed by atoms with van der Waals surface area (Å²) in [6.07, 6.45) is 9.54. The lowest BCUT2D eigenvalue weighted by Crippen LogP contribution is -1.89. The van der Waals surface area contributed by atoms with Gasteiger partial charge in [-0.2, -0.15) is 0 Å². The van der Waals surface area contributed by atoms with Crippen molar-refractivity contribution < 1.29 is 0 Å². The van der Waals surface area contributed by atoms with Crippen molar-refractivity contribution in [2.75, 3.05) is 0 Å². The second kappa shape index (κ2) is 7.01. The lowest BCUT2D eigenvalue weighted by Gasteiger charge is -2.09. The average Bonchev–Trinajstić information content (AvgIpc) is 2.61. The largest absolute Gasteiger partial charge is 0.272 e. The van der Waals surface area contributed by atoms with Crippen LogP contribution in [0.2, 0.25) is 0 Å². The van der Waals surface area contributed by atoms with Crippen molar-refractivity contribution >= 4 is 23.2 Å². The Morgan fingerprint density at radius 3 is 2.71 bits per heavy atom. The maximum atomic E-state index is 4.48. The molecule has 0 saturated heterocycles. The molecule has 3 rings (SSSR count). The first kappa shape index (κ1) is 15.8. The predicted octanol–water partition coefficient (Wildman–Crippen LogP) is 5.22. The zero-order valence-electron chi connectivity index (χ0n) is 13.9. The van der Waals surface area contributed by atoms with E-state index in [-0.39, 0.29) is 0 Å². The summed E-state index contributed by atoms with van der Waals surface area (Å²) in [7, 11) is 0. The first-order valence-corrected chi connectivity index (χ1v) is 7.84. The monoisotopic (exact) mass is 313 g/mol. The number of aryl methyl sites for hydroxylation is 1. The molecular weight excluding hydrogens is 294 g/mol. The highest BCUT2D eigenvalue weighted by Crippen LogP contribution is 2.30. The Morgan fingerprint density at radius 2 is 2.00 bits per heavy atom. The average molecular weight is 313 g/mol. The van der Waals surface area contributed by atoms with Crippen molar-refractivity contribution in [3.63, 3.8) is 0 Å². The smallest absolute Gasteiger partial charge is 0.0708 e. The quantitative estimate of drug-likeness (QED) is 0.489. The highest BCUT2D eigenvalue weighted by Gasteiger charge is 2.07. The molecule has 0 N–H and O–H groups in total. The van der Waals surface area contributed by atoms with E-state index >= 15 is 0 Å². The number of rotatable bonds is 4. The normalized spacial score (nSPS) is 12.0. The van der Waals surface area contributed by atoms with Gasteiger partial charge in [-0.15, -0.1) is 0 Å². The molecule has 0 radical (unpaired) electrons. The van der Waals surface area contributed by atoms with Crippen molar-refractivity contribution in [3.05, 3.63) is 78.4 Å². The van der Waals surface area contributed by atoms with E-state index in [4.69, 9.17) is 0 Å². The summed E-state index contributed by atoms with van der Waals surface area (Å²) in [6.45, 7) is 7.54. The van der Waals surface area contributed by atoms with Crippen LogP contribution in [-0.4, -0.2) is 16.7 Å². The fourth-order valence-corrected chi connectivity index (χ4v) is 2.70. The second-order valence-corrected chi connectivity index (χ2v) is 5.55. The Labute approximate surface area is 142 Å². The van der Waals surface area contributed by atoms with Gasteiger partial charge in [-0.1, -0.05) is 24.3 Å². The molecule has 0 spiro atoms. The molecule has 3 nitrogen and oxygen atoms in total. The van der Waals surface area contributed by atoms with Crippen LogP contribution in [0.3, 0.4) is 0 Å². The molecular formula is C21H19N3. The number of fused-ring (bicyclic) bond motifs is 1. The molecule has 0 saturated carbocycles. The first-order chi connectivity index (χ1) is 11.7. The molecule has 118 valence electrons. The van der Waals surface area contributed by atoms with Gasteiger partial charge in [-0.25, -0.2) is 0 Å². The summed E-state index contributed by atoms with van der Waals surface area (Å²) < 4.78 is 0. The van der Waals surface area contributed by atoms with Gasteiger partial charge in [0, 0.05) is 35.2 Å². The molecule has 0 fully saturated rings. The molecule has 3 heteroatoms. The van der Waals surface area contributed by atoms with Crippen molar-refractivity contribution in [2.45, 2.75) is 13.8 Å². The Kier molecular flexibility index (Phi) is 4.62. The minimum Gasteiger partial charge on any atom is -0.272 e. The third kappa shape index (κ3) is 3.15. The van der Waals surface area contributed by atoms with Crippen LogP contribution in [0.1, 0.15) is 18.2 Å². The van der Waals surface area contributed by atoms with Gasteiger partial charge in [0.05, 0.1) is 5.52 Å². The third-order valence-electron chi connectivity index (χ3n) is 3.87. The number of hydrogen-bond acceptors (Lipinski definition) is 3. The van der Waals surface area contributed by atoms with Gasteiger partial charge in [-0.3, -0.25) is 15.0 Å². The number of aliphatic imine (C=N–C) groups is 1. The predicted molar refractivity (Wildman–Crippen MR) is 102 cm³/mol. The summed E-state index contributed by atoms with van der Waals surface area (Å²) in [5, 5.41) is 1.10. The van der Waals surface area contributed by atoms with Crippen LogP contribution in [0.25, 0.3) is 27.6 Å². The summed E-state index contributed by atoms with van der Waals surface area (Å²) in [5.41, 5.74) is 6.29. The lowest BCUT2D eigenvalue weighted by molar-refractivity contribution is 1.20. The molecule has 2 aromatic heterocycles. The van der Waals surface area contributed by atoms with E-state index in [2.05, 4.69) is 39.9 Å². The molecule has 0 aliphatic carbocycles. The Hall–Kier alpha value is -3.07. The van der Waals surface area contributed by atoms with Crippen molar-refractivity contribution in [2.24, 2.45) is 4.99 Å². The van der Waals surface area contributed by atoms with Gasteiger partial charge in [0.15, 0.2) is 0 Å². The number of aromatic nitrogens is 2. The molecule has 0 aliphatic rings. The van der Waals surface area contributed by atoms with Crippen LogP contribution in [0.5, 0.6) is 0 Å². The first-order valence-electron chi connectivity index (χ1n) is 7.84. The van der Waals surface area contributed by atoms with Gasteiger partial charge in [0.25, 0.3) is 0 Å². The molecule has 0 aliphatic heterocycles. The Morgan fingerprint density at radius 1 is 1.12 bits per heavy atom. The zero-order valence-corrected chi connectivity index (χ0v) is 13.9. The van der Waals surface area contributed by atoms with E-state index in [0.717, 1.165) is 38.9 Å². The summed E-state index contributed by atoms with van der Waals surface area (Å²) in [4.78, 5) is 12.8. The molecule has 0 amide bonds. The van der Waals surface area contributed by atoms with Crippen LogP contribution in [0, 0.1) is 6.92 Å². The van der Waals surface area contributed by atoms with Gasteiger partial charge in [0.2, 0.25) is 0 Å². The molecule has 0 bridgehead atoms. The molecule has 24 heavy (non-hydrogen) atoms. The van der Waals surface area contributed by atoms with Gasteiger partial charge in [-0.05, 0) is 61.5 Å². The minimum absolute atomic E-state index is 0.961. The van der Waals surface area contributed by atoms with E-state index in [1.54, 1.807) is 6.20 Å². The fourth-order valence-electron chi connectivity index (χ4n) is 2.70. The molecule has 2 heterocycles. The fraction of sp³-hybridized carbons (Fsp3) is 0.0952. The SMILES string of the molecule is C=N/C=C(\C=C/C)c1ccc2nccc(-c3ccc(C)nc3)c2c1. The maximum Gasteiger partial charge on any atom is 0.0708 e. The van der Waals surface area contributed by atoms with Gasteiger partial charge in [0.1, 0.15) is 0 Å². The molecule has 1 aromatic carbocycles. The highest BCUT2D eigenvalue weighted by atomic mass is 14.7. The van der Waals surface area contributed by atoms with Crippen LogP contribution in [0.4, 0.5) is 0 Å². The number of nitrogens with zero attached hydrogens (tertiary/aromatic N) is 3. The van der Waals surface area contributed by atoms with E-state index in [9.17, 15) is 0 Å². The van der Waals surface area contributed by atoms with E-state index in [0.29, 0.717) is 0 Å². The lowest BCUT2D eigenvalue weighted by atomic mass is 9.98. The van der Waals surface area contributed by atoms with Crippen LogP contribution >= 0.6 is 0 Å². The third-order valence-corrected chi connectivity index (χ3v) is 3.87. The zero-order chi connectivity index (χ0) is 16.9. The molecule has 0 unspecified atom stereocenters. The van der Waals surface area contributed by atoms with Crippen LogP contribution < -0.4 is 0 Å². The highest BCUT2D eigenvalue weighted by molar-refractivity contribution is 5.96. The van der Waals surface area contributed by atoms with Gasteiger partial charge < -0.3 is 0 Å². The molecule has 0 atom stereocenters. The van der Waals surface area contributed by atoms with Crippen LogP contribution in [0.15, 0.2) is 72.1 Å². The van der Waals surface area contributed by atoms with E-state index in [1.165, 1.54) is 0 Å². The van der Waals surface area contributed by atoms with E-state index in [1.807, 2.05) is 56.6 Å². The van der Waals surface area contributed by atoms with Crippen LogP contribution in [-0.2, 0) is 0 Å². The van der Waals surface area contributed by atoms with Crippen molar-refractivity contribution in [1.82, 2.24) is 9.97 Å². The number of pyridine rings is 2. The maximum absolute atomic E-state index is 4.48. The van der Waals surface area contributed by atoms with Crippen molar-refractivity contribution in [1.29, 1.82) is 0 Å². The standard InChI is InChI=1S/C21H19N3/c1-4-5-17(13-22-3)16-8-9-21-20(12-16)19(10-11-23-21)18-7-6-15(2)24-14-18/h4-14H,3H2,1-2H3/b5-4-,17-13+. The Balaban J connectivity index is 2.21.